The van der Waals surface area contributed by atoms with Crippen molar-refractivity contribution >= 4 is 12.1 Å². The van der Waals surface area contributed by atoms with Crippen LogP contribution < -0.4 is 5.32 Å². The summed E-state index contributed by atoms with van der Waals surface area (Å²) in [5.41, 5.74) is -2.31. The molecule has 4 rings (SSSR count). The first-order valence-electron chi connectivity index (χ1n) is 9.12. The smallest absolute Gasteiger partial charge is 0.408 e. The van der Waals surface area contributed by atoms with Crippen molar-refractivity contribution in [3.05, 3.63) is 0 Å². The summed E-state index contributed by atoms with van der Waals surface area (Å²) >= 11 is 0. The van der Waals surface area contributed by atoms with E-state index in [1.165, 1.54) is 0 Å². The molecule has 4 saturated carbocycles. The lowest BCUT2D eigenvalue weighted by Gasteiger charge is -2.69. The van der Waals surface area contributed by atoms with Crippen LogP contribution in [-0.4, -0.2) is 39.5 Å². The van der Waals surface area contributed by atoms with E-state index in [0.29, 0.717) is 19.3 Å². The summed E-state index contributed by atoms with van der Waals surface area (Å²) in [7, 11) is 0. The monoisotopic (exact) mass is 353 g/mol. The minimum absolute atomic E-state index is 0.0818. The second-order valence-corrected chi connectivity index (χ2v) is 10.7. The van der Waals surface area contributed by atoms with Crippen LogP contribution in [0.1, 0.15) is 73.1 Å². The molecule has 1 amide bonds. The fourth-order valence-electron chi connectivity index (χ4n) is 6.93. The molecule has 3 N–H and O–H groups in total. The van der Waals surface area contributed by atoms with Crippen molar-refractivity contribution in [2.24, 2.45) is 16.2 Å². The Hall–Kier alpha value is -1.30. The summed E-state index contributed by atoms with van der Waals surface area (Å²) in [5, 5.41) is 23.6. The molecule has 4 aliphatic rings. The van der Waals surface area contributed by atoms with E-state index >= 15 is 0 Å². The minimum atomic E-state index is -1.05. The highest BCUT2D eigenvalue weighted by Gasteiger charge is 2.68. The van der Waals surface area contributed by atoms with Gasteiger partial charge in [0.05, 0.1) is 5.60 Å². The Kier molecular flexibility index (Phi) is 3.79. The van der Waals surface area contributed by atoms with Crippen LogP contribution in [0, 0.1) is 16.2 Å². The largest absolute Gasteiger partial charge is 0.480 e. The first-order valence-corrected chi connectivity index (χ1v) is 9.12. The fourth-order valence-corrected chi connectivity index (χ4v) is 6.93. The van der Waals surface area contributed by atoms with Gasteiger partial charge in [0.25, 0.3) is 0 Å². The highest BCUT2D eigenvalue weighted by atomic mass is 16.6. The quantitative estimate of drug-likeness (QED) is 0.725. The van der Waals surface area contributed by atoms with Gasteiger partial charge < -0.3 is 20.3 Å². The number of aliphatic hydroxyl groups is 1. The average molecular weight is 353 g/mol. The SMILES string of the molecule is CC12CC3(C)CC(O)(C1)CC([C@H](NC(=O)OC(C)(C)C)C(=O)O)(C2)C3. The van der Waals surface area contributed by atoms with Gasteiger partial charge in [-0.15, -0.1) is 0 Å². The third-order valence-electron chi connectivity index (χ3n) is 6.12. The van der Waals surface area contributed by atoms with Crippen LogP contribution in [0.3, 0.4) is 0 Å². The van der Waals surface area contributed by atoms with Crippen molar-refractivity contribution in [3.8, 4) is 0 Å². The number of carbonyl (C=O) groups is 2. The maximum Gasteiger partial charge on any atom is 0.408 e. The molecule has 0 aromatic rings. The number of carbonyl (C=O) groups excluding carboxylic acids is 1. The van der Waals surface area contributed by atoms with Crippen molar-refractivity contribution in [2.75, 3.05) is 0 Å². The van der Waals surface area contributed by atoms with Crippen LogP contribution in [0.15, 0.2) is 0 Å². The molecule has 0 heterocycles. The zero-order valence-corrected chi connectivity index (χ0v) is 15.9. The molecule has 4 aliphatic carbocycles. The zero-order valence-electron chi connectivity index (χ0n) is 15.9. The van der Waals surface area contributed by atoms with Gasteiger partial charge in [-0.3, -0.25) is 0 Å². The normalized spacial score (nSPS) is 43.6. The summed E-state index contributed by atoms with van der Waals surface area (Å²) < 4.78 is 5.28. The lowest BCUT2D eigenvalue weighted by Crippen LogP contribution is -2.69. The van der Waals surface area contributed by atoms with E-state index in [4.69, 9.17) is 4.74 Å². The molecule has 4 bridgehead atoms. The van der Waals surface area contributed by atoms with Crippen LogP contribution in [0.4, 0.5) is 4.79 Å². The number of hydrogen-bond donors (Lipinski definition) is 3. The molecule has 0 radical (unpaired) electrons. The number of carboxylic acid groups (broad SMARTS) is 1. The molecule has 6 heteroatoms. The first kappa shape index (κ1) is 18.5. The number of hydrogen-bond acceptors (Lipinski definition) is 4. The molecule has 0 saturated heterocycles. The van der Waals surface area contributed by atoms with Crippen LogP contribution in [0.25, 0.3) is 0 Å². The number of alkyl carbamates (subject to hydrolysis) is 1. The van der Waals surface area contributed by atoms with E-state index in [1.54, 1.807) is 20.8 Å². The highest BCUT2D eigenvalue weighted by Crippen LogP contribution is 2.71. The Morgan fingerprint density at radius 2 is 1.52 bits per heavy atom. The van der Waals surface area contributed by atoms with Crippen LogP contribution in [-0.2, 0) is 9.53 Å². The average Bonchev–Trinajstić information content (AvgIpc) is 2.26. The van der Waals surface area contributed by atoms with Gasteiger partial charge in [0.2, 0.25) is 0 Å². The molecule has 6 nitrogen and oxygen atoms in total. The van der Waals surface area contributed by atoms with Gasteiger partial charge in [-0.1, -0.05) is 13.8 Å². The molecule has 3 atom stereocenters. The molecule has 0 aromatic heterocycles. The molecular weight excluding hydrogens is 322 g/mol. The second kappa shape index (κ2) is 5.12. The van der Waals surface area contributed by atoms with Crippen LogP contribution in [0.2, 0.25) is 0 Å². The molecule has 0 aliphatic heterocycles. The Balaban J connectivity index is 1.91. The molecule has 0 spiro atoms. The van der Waals surface area contributed by atoms with Gasteiger partial charge >= 0.3 is 12.1 Å². The zero-order chi connectivity index (χ0) is 18.9. The number of nitrogens with one attached hydrogen (secondary N) is 1. The van der Waals surface area contributed by atoms with Gasteiger partial charge in [-0.2, -0.15) is 0 Å². The van der Waals surface area contributed by atoms with E-state index in [9.17, 15) is 19.8 Å². The fraction of sp³-hybridized carbons (Fsp3) is 0.895. The van der Waals surface area contributed by atoms with E-state index in [2.05, 4.69) is 19.2 Å². The topological polar surface area (TPSA) is 95.9 Å². The van der Waals surface area contributed by atoms with Crippen molar-refractivity contribution < 1.29 is 24.5 Å². The highest BCUT2D eigenvalue weighted by molar-refractivity contribution is 5.81. The van der Waals surface area contributed by atoms with Crippen LogP contribution in [0.5, 0.6) is 0 Å². The minimum Gasteiger partial charge on any atom is -0.480 e. The lowest BCUT2D eigenvalue weighted by molar-refractivity contribution is -0.233. The van der Waals surface area contributed by atoms with E-state index < -0.39 is 34.7 Å². The van der Waals surface area contributed by atoms with Gasteiger partial charge in [0.1, 0.15) is 11.6 Å². The molecular formula is C19H31NO5. The van der Waals surface area contributed by atoms with Crippen molar-refractivity contribution in [1.29, 1.82) is 0 Å². The summed E-state index contributed by atoms with van der Waals surface area (Å²) in [6.45, 7) is 9.54. The summed E-state index contributed by atoms with van der Waals surface area (Å²) in [5.74, 6) is -1.05. The number of rotatable bonds is 3. The van der Waals surface area contributed by atoms with E-state index in [0.717, 1.165) is 19.3 Å². The van der Waals surface area contributed by atoms with E-state index in [1.807, 2.05) is 0 Å². The van der Waals surface area contributed by atoms with Gasteiger partial charge in [0, 0.05) is 5.41 Å². The van der Waals surface area contributed by atoms with E-state index in [-0.39, 0.29) is 10.8 Å². The maximum atomic E-state index is 12.2. The molecule has 0 aromatic carbocycles. The number of amides is 1. The van der Waals surface area contributed by atoms with Gasteiger partial charge in [0.15, 0.2) is 0 Å². The Bertz CT molecular complexity index is 554. The Morgan fingerprint density at radius 3 is 1.92 bits per heavy atom. The second-order valence-electron chi connectivity index (χ2n) is 10.7. The number of ether oxygens (including phenoxy) is 1. The third-order valence-corrected chi connectivity index (χ3v) is 6.12. The number of aliphatic carboxylic acids is 1. The predicted molar refractivity (Wildman–Crippen MR) is 92.1 cm³/mol. The predicted octanol–water partition coefficient (Wildman–Crippen LogP) is 3.08. The number of carboxylic acids is 1. The van der Waals surface area contributed by atoms with Crippen LogP contribution >= 0.6 is 0 Å². The molecule has 2 unspecified atom stereocenters. The standard InChI is InChI=1S/C19H31NO5/c1-15(2,3)25-14(23)20-12(13(21)22)18-7-16(4)6-17(5,8-18)10-19(24,9-16)11-18/h12,24H,6-11H2,1-5H3,(H,20,23)(H,21,22)/t12-,16?,17?,18?,19?/m1/s1. The molecule has 142 valence electrons. The molecule has 25 heavy (non-hydrogen) atoms. The van der Waals surface area contributed by atoms with Crippen molar-refractivity contribution in [3.63, 3.8) is 0 Å². The maximum absolute atomic E-state index is 12.2. The van der Waals surface area contributed by atoms with Gasteiger partial charge in [-0.25, -0.2) is 9.59 Å². The Morgan fingerprint density at radius 1 is 1.00 bits per heavy atom. The lowest BCUT2D eigenvalue weighted by atomic mass is 9.38. The van der Waals surface area contributed by atoms with Crippen molar-refractivity contribution in [1.82, 2.24) is 5.32 Å². The summed E-state index contributed by atoms with van der Waals surface area (Å²) in [6, 6.07) is -1.05. The summed E-state index contributed by atoms with van der Waals surface area (Å²) in [4.78, 5) is 24.3. The first-order chi connectivity index (χ1) is 11.2. The summed E-state index contributed by atoms with van der Waals surface area (Å²) in [6.07, 6.45) is 3.58. The Labute approximate surface area is 149 Å². The van der Waals surface area contributed by atoms with Crippen molar-refractivity contribution in [2.45, 2.75) is 90.4 Å². The molecule has 4 fully saturated rings. The third kappa shape index (κ3) is 3.37. The van der Waals surface area contributed by atoms with Gasteiger partial charge in [-0.05, 0) is 70.1 Å².